The van der Waals surface area contributed by atoms with Crippen molar-refractivity contribution in [2.45, 2.75) is 39.7 Å². The Morgan fingerprint density at radius 3 is 2.67 bits per heavy atom. The molecule has 0 spiro atoms. The van der Waals surface area contributed by atoms with Gasteiger partial charge in [-0.2, -0.15) is 0 Å². The van der Waals surface area contributed by atoms with E-state index in [0.717, 1.165) is 22.4 Å². The normalized spacial score (nSPS) is 12.4. The molecular weight excluding hydrogens is 344 g/mol. The van der Waals surface area contributed by atoms with Crippen LogP contribution in [0.5, 0.6) is 5.75 Å². The van der Waals surface area contributed by atoms with E-state index >= 15 is 0 Å². The van der Waals surface area contributed by atoms with E-state index in [-0.39, 0.29) is 5.92 Å². The number of anilines is 2. The first kappa shape index (κ1) is 20.4. The maximum absolute atomic E-state index is 10.9. The highest BCUT2D eigenvalue weighted by atomic mass is 16.5. The Labute approximate surface area is 159 Å². The minimum atomic E-state index is -1.02. The van der Waals surface area contributed by atoms with Crippen LogP contribution in [0.4, 0.5) is 16.3 Å². The van der Waals surface area contributed by atoms with E-state index in [1.807, 2.05) is 52.0 Å². The number of hydrogen-bond donors (Lipinski definition) is 4. The minimum Gasteiger partial charge on any atom is -0.493 e. The molecule has 0 bridgehead atoms. The molecule has 146 valence electrons. The molecular formula is C20H28N4O3. The summed E-state index contributed by atoms with van der Waals surface area (Å²) in [7, 11) is 0. The number of carboxylic acid groups (broad SMARTS) is 1. The predicted octanol–water partition coefficient (Wildman–Crippen LogP) is 3.67. The molecule has 2 aromatic rings. The van der Waals surface area contributed by atoms with E-state index in [2.05, 4.69) is 10.3 Å². The molecule has 27 heavy (non-hydrogen) atoms. The number of nitrogens with one attached hydrogen (secondary N) is 1. The van der Waals surface area contributed by atoms with E-state index in [9.17, 15) is 4.79 Å². The van der Waals surface area contributed by atoms with Gasteiger partial charge in [0, 0.05) is 17.3 Å². The fourth-order valence-electron chi connectivity index (χ4n) is 3.22. The lowest BCUT2D eigenvalue weighted by atomic mass is 9.92. The first-order valence-electron chi connectivity index (χ1n) is 8.84. The van der Waals surface area contributed by atoms with Crippen LogP contribution >= 0.6 is 0 Å². The summed E-state index contributed by atoms with van der Waals surface area (Å²) in [5.41, 5.74) is 14.5. The van der Waals surface area contributed by atoms with Crippen molar-refractivity contribution in [1.82, 2.24) is 10.3 Å². The number of benzene rings is 1. The largest absolute Gasteiger partial charge is 0.493 e. The van der Waals surface area contributed by atoms with Crippen LogP contribution in [0, 0.1) is 12.8 Å². The number of aromatic nitrogens is 1. The van der Waals surface area contributed by atoms with Crippen LogP contribution in [0.2, 0.25) is 0 Å². The predicted molar refractivity (Wildman–Crippen MR) is 108 cm³/mol. The maximum atomic E-state index is 10.9. The van der Waals surface area contributed by atoms with Crippen LogP contribution in [0.25, 0.3) is 11.1 Å². The average Bonchev–Trinajstić information content (AvgIpc) is 2.54. The van der Waals surface area contributed by atoms with Crippen molar-refractivity contribution in [2.75, 3.05) is 18.1 Å². The van der Waals surface area contributed by atoms with Crippen molar-refractivity contribution in [3.05, 3.63) is 36.0 Å². The first-order valence-corrected chi connectivity index (χ1v) is 8.84. The molecule has 1 heterocycles. The summed E-state index contributed by atoms with van der Waals surface area (Å²) in [5, 5.41) is 11.4. The quantitative estimate of drug-likeness (QED) is 0.588. The molecule has 6 N–H and O–H groups in total. The standard InChI is InChI=1S/C20H28N4O3/c1-12(10-20(3,4)24-19(25)26)11-27-16-6-5-14(9-13(16)2)15-7-8-23-18(22)17(15)21/h5-9,12,24H,10-11,21H2,1-4H3,(H2,22,23)(H,25,26)/t12-/m0/s1. The molecule has 0 radical (unpaired) electrons. The highest BCUT2D eigenvalue weighted by Gasteiger charge is 2.23. The third-order valence-electron chi connectivity index (χ3n) is 4.33. The third-order valence-corrected chi connectivity index (χ3v) is 4.33. The molecule has 1 amide bonds. The molecule has 0 aliphatic carbocycles. The molecule has 1 aromatic heterocycles. The van der Waals surface area contributed by atoms with Crippen LogP contribution in [0.3, 0.4) is 0 Å². The second-order valence-corrected chi connectivity index (χ2v) is 7.57. The number of nitrogen functional groups attached to an aromatic ring is 2. The molecule has 2 rings (SSSR count). The second kappa shape index (κ2) is 8.16. The molecule has 0 saturated heterocycles. The monoisotopic (exact) mass is 372 g/mol. The van der Waals surface area contributed by atoms with E-state index in [4.69, 9.17) is 21.3 Å². The van der Waals surface area contributed by atoms with Gasteiger partial charge in [-0.05, 0) is 62.4 Å². The highest BCUT2D eigenvalue weighted by Crippen LogP contribution is 2.32. The number of hydrogen-bond acceptors (Lipinski definition) is 5. The van der Waals surface area contributed by atoms with Crippen LogP contribution < -0.4 is 21.5 Å². The molecule has 0 aliphatic rings. The van der Waals surface area contributed by atoms with E-state index in [1.54, 1.807) is 6.20 Å². The van der Waals surface area contributed by atoms with Gasteiger partial charge in [0.15, 0.2) is 0 Å². The number of ether oxygens (including phenoxy) is 1. The Morgan fingerprint density at radius 1 is 1.33 bits per heavy atom. The fraction of sp³-hybridized carbons (Fsp3) is 0.400. The van der Waals surface area contributed by atoms with E-state index < -0.39 is 11.6 Å². The molecule has 1 aromatic carbocycles. The van der Waals surface area contributed by atoms with Gasteiger partial charge in [-0.15, -0.1) is 0 Å². The lowest BCUT2D eigenvalue weighted by Gasteiger charge is -2.28. The van der Waals surface area contributed by atoms with Crippen molar-refractivity contribution in [2.24, 2.45) is 5.92 Å². The van der Waals surface area contributed by atoms with Gasteiger partial charge in [0.2, 0.25) is 0 Å². The van der Waals surface area contributed by atoms with Gasteiger partial charge in [-0.25, -0.2) is 9.78 Å². The van der Waals surface area contributed by atoms with Gasteiger partial charge in [-0.1, -0.05) is 13.0 Å². The van der Waals surface area contributed by atoms with Gasteiger partial charge in [-0.3, -0.25) is 0 Å². The first-order chi connectivity index (χ1) is 12.6. The zero-order chi connectivity index (χ0) is 20.2. The highest BCUT2D eigenvalue weighted by molar-refractivity contribution is 5.82. The lowest BCUT2D eigenvalue weighted by molar-refractivity contribution is 0.169. The van der Waals surface area contributed by atoms with E-state index in [1.165, 1.54) is 0 Å². The molecule has 7 nitrogen and oxygen atoms in total. The van der Waals surface area contributed by atoms with Gasteiger partial charge in [0.1, 0.15) is 11.6 Å². The number of carbonyl (C=O) groups is 1. The number of amides is 1. The zero-order valence-corrected chi connectivity index (χ0v) is 16.2. The Hall–Kier alpha value is -2.96. The lowest BCUT2D eigenvalue weighted by Crippen LogP contribution is -2.44. The number of pyridine rings is 1. The Balaban J connectivity index is 2.04. The van der Waals surface area contributed by atoms with Crippen molar-refractivity contribution in [3.63, 3.8) is 0 Å². The second-order valence-electron chi connectivity index (χ2n) is 7.57. The molecule has 0 aliphatic heterocycles. The number of aryl methyl sites for hydroxylation is 1. The minimum absolute atomic E-state index is 0.182. The molecule has 1 atom stereocenters. The van der Waals surface area contributed by atoms with Crippen molar-refractivity contribution in [1.29, 1.82) is 0 Å². The van der Waals surface area contributed by atoms with Crippen molar-refractivity contribution >= 4 is 17.6 Å². The number of rotatable bonds is 7. The zero-order valence-electron chi connectivity index (χ0n) is 16.2. The summed E-state index contributed by atoms with van der Waals surface area (Å²) in [6.45, 7) is 8.23. The fourth-order valence-corrected chi connectivity index (χ4v) is 3.22. The SMILES string of the molecule is Cc1cc(-c2ccnc(N)c2N)ccc1OC[C@@H](C)CC(C)(C)NC(=O)O. The molecule has 7 heteroatoms. The van der Waals surface area contributed by atoms with E-state index in [0.29, 0.717) is 24.5 Å². The van der Waals surface area contributed by atoms with Gasteiger partial charge in [0.25, 0.3) is 0 Å². The van der Waals surface area contributed by atoms with Gasteiger partial charge in [0.05, 0.1) is 12.3 Å². The maximum Gasteiger partial charge on any atom is 0.405 e. The number of nitrogens with zero attached hydrogens (tertiary/aromatic N) is 1. The Kier molecular flexibility index (Phi) is 6.15. The summed E-state index contributed by atoms with van der Waals surface area (Å²) in [6, 6.07) is 7.68. The van der Waals surface area contributed by atoms with Crippen LogP contribution in [-0.4, -0.2) is 28.3 Å². The molecule has 0 saturated carbocycles. The van der Waals surface area contributed by atoms with Crippen molar-refractivity contribution < 1.29 is 14.6 Å². The number of nitrogens with two attached hydrogens (primary N) is 2. The molecule has 0 fully saturated rings. The topological polar surface area (TPSA) is 123 Å². The summed E-state index contributed by atoms with van der Waals surface area (Å²) < 4.78 is 5.95. The Bertz CT molecular complexity index is 821. The molecule has 0 unspecified atom stereocenters. The smallest absolute Gasteiger partial charge is 0.405 e. The summed E-state index contributed by atoms with van der Waals surface area (Å²) in [6.07, 6.45) is 1.29. The third kappa shape index (κ3) is 5.51. The Morgan fingerprint density at radius 2 is 2.04 bits per heavy atom. The summed E-state index contributed by atoms with van der Waals surface area (Å²) >= 11 is 0. The van der Waals surface area contributed by atoms with Gasteiger partial charge >= 0.3 is 6.09 Å². The van der Waals surface area contributed by atoms with Gasteiger partial charge < -0.3 is 26.6 Å². The van der Waals surface area contributed by atoms with Crippen LogP contribution in [0.1, 0.15) is 32.8 Å². The average molecular weight is 372 g/mol. The summed E-state index contributed by atoms with van der Waals surface area (Å²) in [5.74, 6) is 1.29. The van der Waals surface area contributed by atoms with Crippen molar-refractivity contribution in [3.8, 4) is 16.9 Å². The van der Waals surface area contributed by atoms with Crippen LogP contribution in [-0.2, 0) is 0 Å². The summed E-state index contributed by atoms with van der Waals surface area (Å²) in [4.78, 5) is 14.8. The van der Waals surface area contributed by atoms with Crippen LogP contribution in [0.15, 0.2) is 30.5 Å².